The fraction of sp³-hybridized carbons (Fsp3) is 0.840. The van der Waals surface area contributed by atoms with Crippen LogP contribution >= 0.6 is 0 Å². The topological polar surface area (TPSA) is 164 Å². The molecule has 2 heterocycles. The molecule has 2 aliphatic heterocycles. The number of esters is 3. The SMILES string of the molecule is COC(=O)[C@@H]1C[C@H](OC(C)=O)C(=O)[C@H]2[C@@]1(C)CC[C@H]1C(=O)OC([C@]3(O)[C@H](OC)O[C@H](OC)[C@H]3O)C[C@]21C. The third-order valence-corrected chi connectivity index (χ3v) is 9.23. The van der Waals surface area contributed by atoms with Crippen LogP contribution in [0.25, 0.3) is 0 Å². The number of carbonyl (C=O) groups is 4. The number of cyclic esters (lactones) is 1. The molecule has 4 fully saturated rings. The summed E-state index contributed by atoms with van der Waals surface area (Å²) in [5, 5.41) is 22.6. The highest BCUT2D eigenvalue weighted by Gasteiger charge is 2.71. The number of ketones is 1. The zero-order valence-electron chi connectivity index (χ0n) is 21.9. The molecule has 0 bridgehead atoms. The minimum absolute atomic E-state index is 0.0233. The van der Waals surface area contributed by atoms with Gasteiger partial charge < -0.3 is 38.6 Å². The summed E-state index contributed by atoms with van der Waals surface area (Å²) < 4.78 is 32.0. The highest BCUT2D eigenvalue weighted by Crippen LogP contribution is 2.64. The molecule has 0 amide bonds. The standard InChI is InChI=1S/C25H36O12/c1-11(26)35-14-9-13(19(29)32-4)23(2)8-7-12-20(30)36-15(10-24(12,3)17(23)16(14)27)25(31)18(28)21(33-5)37-22(25)34-6/h12-15,17-18,21-22,28,31H,7-10H2,1-6H3/t12-,13-,14-,15?,17-,18+,21-,22+,23-,24-,25+/m0/s1. The average molecular weight is 529 g/mol. The lowest BCUT2D eigenvalue weighted by Crippen LogP contribution is -2.69. The largest absolute Gasteiger partial charge is 0.469 e. The third-order valence-electron chi connectivity index (χ3n) is 9.23. The molecule has 37 heavy (non-hydrogen) atoms. The summed E-state index contributed by atoms with van der Waals surface area (Å²) in [5.74, 6) is -4.67. The van der Waals surface area contributed by atoms with E-state index in [1.165, 1.54) is 28.3 Å². The first-order chi connectivity index (χ1) is 17.3. The van der Waals surface area contributed by atoms with Crippen LogP contribution in [-0.2, 0) is 47.6 Å². The quantitative estimate of drug-likeness (QED) is 0.366. The van der Waals surface area contributed by atoms with E-state index in [1.807, 2.05) is 6.92 Å². The van der Waals surface area contributed by atoms with Gasteiger partial charge >= 0.3 is 17.9 Å². The second kappa shape index (κ2) is 9.57. The van der Waals surface area contributed by atoms with E-state index in [1.54, 1.807) is 6.92 Å². The Bertz CT molecular complexity index is 963. The molecule has 0 spiro atoms. The maximum atomic E-state index is 14.0. The fourth-order valence-corrected chi connectivity index (χ4v) is 7.51. The van der Waals surface area contributed by atoms with Crippen LogP contribution in [0.5, 0.6) is 0 Å². The molecule has 1 unspecified atom stereocenters. The Kier molecular flexibility index (Phi) is 7.21. The lowest BCUT2D eigenvalue weighted by atomic mass is 9.43. The van der Waals surface area contributed by atoms with Gasteiger partial charge in [0.25, 0.3) is 0 Å². The monoisotopic (exact) mass is 528 g/mol. The van der Waals surface area contributed by atoms with E-state index in [0.29, 0.717) is 12.8 Å². The number of carbonyl (C=O) groups excluding carboxylic acids is 4. The number of aliphatic hydroxyl groups excluding tert-OH is 1. The first-order valence-electron chi connectivity index (χ1n) is 12.4. The maximum Gasteiger partial charge on any atom is 0.309 e. The number of hydrogen-bond acceptors (Lipinski definition) is 12. The van der Waals surface area contributed by atoms with Gasteiger partial charge in [0.2, 0.25) is 0 Å². The molecule has 2 aliphatic carbocycles. The summed E-state index contributed by atoms with van der Waals surface area (Å²) in [6.45, 7) is 4.75. The van der Waals surface area contributed by atoms with Crippen LogP contribution in [0, 0.1) is 28.6 Å². The Balaban J connectivity index is 1.80. The Hall–Kier alpha value is -2.12. The van der Waals surface area contributed by atoms with Gasteiger partial charge in [-0.1, -0.05) is 13.8 Å². The van der Waals surface area contributed by atoms with E-state index in [2.05, 4.69) is 0 Å². The van der Waals surface area contributed by atoms with Crippen LogP contribution in [0.2, 0.25) is 0 Å². The molecule has 0 aromatic heterocycles. The average Bonchev–Trinajstić information content (AvgIpc) is 3.09. The molecule has 2 N–H and O–H groups in total. The van der Waals surface area contributed by atoms with Gasteiger partial charge in [-0.15, -0.1) is 0 Å². The molecule has 208 valence electrons. The molecular weight excluding hydrogens is 492 g/mol. The highest BCUT2D eigenvalue weighted by atomic mass is 16.8. The fourth-order valence-electron chi connectivity index (χ4n) is 7.51. The van der Waals surface area contributed by atoms with E-state index >= 15 is 0 Å². The summed E-state index contributed by atoms with van der Waals surface area (Å²) in [5.41, 5.74) is -4.26. The highest BCUT2D eigenvalue weighted by molar-refractivity contribution is 5.93. The van der Waals surface area contributed by atoms with Gasteiger partial charge in [-0.2, -0.15) is 0 Å². The van der Waals surface area contributed by atoms with E-state index in [9.17, 15) is 29.4 Å². The van der Waals surface area contributed by atoms with Crippen molar-refractivity contribution in [3.05, 3.63) is 0 Å². The molecule has 4 rings (SSSR count). The molecule has 0 aromatic rings. The predicted molar refractivity (Wildman–Crippen MR) is 121 cm³/mol. The molecule has 11 atom stereocenters. The van der Waals surface area contributed by atoms with Gasteiger partial charge in [-0.25, -0.2) is 0 Å². The van der Waals surface area contributed by atoms with Crippen LogP contribution in [0.15, 0.2) is 0 Å². The first kappa shape index (κ1) is 27.9. The van der Waals surface area contributed by atoms with Crippen molar-refractivity contribution in [2.75, 3.05) is 21.3 Å². The number of hydrogen-bond donors (Lipinski definition) is 2. The molecular formula is C25H36O12. The van der Waals surface area contributed by atoms with Crippen molar-refractivity contribution >= 4 is 23.7 Å². The number of aliphatic hydroxyl groups is 2. The number of ether oxygens (including phenoxy) is 6. The minimum atomic E-state index is -2.21. The predicted octanol–water partition coefficient (Wildman–Crippen LogP) is 0.102. The van der Waals surface area contributed by atoms with Gasteiger partial charge in [0.1, 0.15) is 12.2 Å². The van der Waals surface area contributed by atoms with E-state index < -0.39 is 88.8 Å². The normalized spacial score (nSPS) is 47.5. The second-order valence-corrected chi connectivity index (χ2v) is 11.1. The van der Waals surface area contributed by atoms with Gasteiger partial charge in [-0.05, 0) is 30.1 Å². The molecule has 2 saturated carbocycles. The Morgan fingerprint density at radius 2 is 1.76 bits per heavy atom. The van der Waals surface area contributed by atoms with E-state index in [4.69, 9.17) is 28.4 Å². The Labute approximate surface area is 214 Å². The smallest absolute Gasteiger partial charge is 0.309 e. The lowest BCUT2D eigenvalue weighted by Gasteiger charge is -2.61. The first-order valence-corrected chi connectivity index (χ1v) is 12.4. The molecule has 4 aliphatic rings. The van der Waals surface area contributed by atoms with Crippen molar-refractivity contribution in [2.24, 2.45) is 28.6 Å². The number of Topliss-reactive ketones (excluding diaryl/α,β-unsaturated/α-hetero) is 1. The number of methoxy groups -OCH3 is 3. The van der Waals surface area contributed by atoms with Crippen molar-refractivity contribution in [3.63, 3.8) is 0 Å². The number of rotatable bonds is 5. The van der Waals surface area contributed by atoms with Crippen molar-refractivity contribution < 1.29 is 57.8 Å². The van der Waals surface area contributed by atoms with Gasteiger partial charge in [0, 0.05) is 33.5 Å². The zero-order chi connectivity index (χ0) is 27.5. The summed E-state index contributed by atoms with van der Waals surface area (Å²) in [6.07, 6.45) is -6.18. The summed E-state index contributed by atoms with van der Waals surface area (Å²) in [4.78, 5) is 52.1. The molecule has 12 heteroatoms. The lowest BCUT2D eigenvalue weighted by molar-refractivity contribution is -0.264. The van der Waals surface area contributed by atoms with Gasteiger partial charge in [0.05, 0.1) is 18.9 Å². The number of fused-ring (bicyclic) bond motifs is 3. The molecule has 0 aromatic carbocycles. The molecule has 2 saturated heterocycles. The molecule has 12 nitrogen and oxygen atoms in total. The van der Waals surface area contributed by atoms with E-state index in [0.717, 1.165) is 0 Å². The van der Waals surface area contributed by atoms with Gasteiger partial charge in [0.15, 0.2) is 30.1 Å². The van der Waals surface area contributed by atoms with Crippen molar-refractivity contribution in [1.29, 1.82) is 0 Å². The third kappa shape index (κ3) is 3.99. The Morgan fingerprint density at radius 1 is 1.08 bits per heavy atom. The van der Waals surface area contributed by atoms with Crippen LogP contribution < -0.4 is 0 Å². The van der Waals surface area contributed by atoms with Crippen LogP contribution in [0.4, 0.5) is 0 Å². The Morgan fingerprint density at radius 3 is 2.32 bits per heavy atom. The zero-order valence-corrected chi connectivity index (χ0v) is 21.9. The summed E-state index contributed by atoms with van der Waals surface area (Å²) in [7, 11) is 3.81. The maximum absolute atomic E-state index is 14.0. The van der Waals surface area contributed by atoms with Crippen molar-refractivity contribution in [3.8, 4) is 0 Å². The summed E-state index contributed by atoms with van der Waals surface area (Å²) >= 11 is 0. The van der Waals surface area contributed by atoms with Crippen molar-refractivity contribution in [2.45, 2.75) is 82.9 Å². The second-order valence-electron chi connectivity index (χ2n) is 11.1. The van der Waals surface area contributed by atoms with Crippen LogP contribution in [-0.4, -0.2) is 91.7 Å². The van der Waals surface area contributed by atoms with E-state index in [-0.39, 0.29) is 12.8 Å². The van der Waals surface area contributed by atoms with Crippen LogP contribution in [0.1, 0.15) is 46.5 Å². The summed E-state index contributed by atoms with van der Waals surface area (Å²) in [6, 6.07) is 0. The van der Waals surface area contributed by atoms with Gasteiger partial charge in [-0.3, -0.25) is 19.2 Å². The van der Waals surface area contributed by atoms with Crippen LogP contribution in [0.3, 0.4) is 0 Å². The molecule has 0 radical (unpaired) electrons. The minimum Gasteiger partial charge on any atom is -0.469 e. The van der Waals surface area contributed by atoms with Crippen molar-refractivity contribution in [1.82, 2.24) is 0 Å².